The second kappa shape index (κ2) is 6.86. The summed E-state index contributed by atoms with van der Waals surface area (Å²) in [5, 5.41) is 0. The molecule has 4 heteroatoms. The molecule has 0 amide bonds. The van der Waals surface area contributed by atoms with Crippen molar-refractivity contribution < 1.29 is 0 Å². The van der Waals surface area contributed by atoms with E-state index < -0.39 is 0 Å². The number of nitrogens with zero attached hydrogens (tertiary/aromatic N) is 4. The number of aryl methyl sites for hydroxylation is 1. The zero-order chi connectivity index (χ0) is 18.2. The van der Waals surface area contributed by atoms with Gasteiger partial charge in [0.25, 0.3) is 0 Å². The third kappa shape index (κ3) is 3.62. The fourth-order valence-electron chi connectivity index (χ4n) is 3.73. The lowest BCUT2D eigenvalue weighted by atomic mass is 10.1. The third-order valence-corrected chi connectivity index (χ3v) is 5.55. The van der Waals surface area contributed by atoms with Crippen molar-refractivity contribution in [1.29, 1.82) is 0 Å². The molecule has 2 aliphatic rings. The van der Waals surface area contributed by atoms with Gasteiger partial charge in [0.05, 0.1) is 5.69 Å². The summed E-state index contributed by atoms with van der Waals surface area (Å²) >= 11 is 0. The second-order valence-electron chi connectivity index (χ2n) is 7.85. The summed E-state index contributed by atoms with van der Waals surface area (Å²) < 4.78 is 0. The molecule has 1 aromatic carbocycles. The molecular weight excluding hydrogens is 332 g/mol. The lowest BCUT2D eigenvalue weighted by molar-refractivity contribution is 0.242. The van der Waals surface area contributed by atoms with Gasteiger partial charge in [0, 0.05) is 61.2 Å². The van der Waals surface area contributed by atoms with Crippen LogP contribution in [0.15, 0.2) is 48.8 Å². The molecule has 0 unspecified atom stereocenters. The summed E-state index contributed by atoms with van der Waals surface area (Å²) in [7, 11) is 0. The van der Waals surface area contributed by atoms with Gasteiger partial charge in [0.2, 0.25) is 0 Å². The Morgan fingerprint density at radius 1 is 1.00 bits per heavy atom. The Morgan fingerprint density at radius 2 is 1.85 bits per heavy atom. The number of aromatic nitrogens is 3. The van der Waals surface area contributed by atoms with Crippen LogP contribution in [0.2, 0.25) is 0 Å². The quantitative estimate of drug-likeness (QED) is 0.700. The summed E-state index contributed by atoms with van der Waals surface area (Å²) in [4.78, 5) is 16.6. The Morgan fingerprint density at radius 3 is 2.59 bits per heavy atom. The summed E-state index contributed by atoms with van der Waals surface area (Å²) in [5.41, 5.74) is 7.27. The Bertz CT molecular complexity index is 943. The molecule has 2 aromatic heterocycles. The summed E-state index contributed by atoms with van der Waals surface area (Å²) in [6, 6.07) is 12.9. The van der Waals surface area contributed by atoms with Gasteiger partial charge in [-0.15, -0.1) is 0 Å². The van der Waals surface area contributed by atoms with Gasteiger partial charge in [-0.25, -0.2) is 9.97 Å². The lowest BCUT2D eigenvalue weighted by Crippen LogP contribution is -2.31. The van der Waals surface area contributed by atoms with E-state index in [1.807, 2.05) is 6.20 Å². The second-order valence-corrected chi connectivity index (χ2v) is 7.85. The predicted octanol–water partition coefficient (Wildman–Crippen LogP) is 4.28. The molecule has 1 aliphatic heterocycles. The smallest absolute Gasteiger partial charge is 0.131 e. The minimum absolute atomic E-state index is 0.631. The summed E-state index contributed by atoms with van der Waals surface area (Å²) in [5.74, 6) is 1.70. The maximum atomic E-state index is 4.82. The molecule has 3 aromatic rings. The van der Waals surface area contributed by atoms with Crippen molar-refractivity contribution in [2.24, 2.45) is 0 Å². The lowest BCUT2D eigenvalue weighted by Gasteiger charge is -2.28. The number of fused-ring (bicyclic) bond motifs is 1. The molecule has 1 fully saturated rings. The van der Waals surface area contributed by atoms with Crippen molar-refractivity contribution in [3.8, 4) is 11.3 Å². The van der Waals surface area contributed by atoms with Crippen molar-refractivity contribution in [2.45, 2.75) is 45.2 Å². The van der Waals surface area contributed by atoms with E-state index in [0.717, 1.165) is 37.6 Å². The average Bonchev–Trinajstić information content (AvgIpc) is 3.54. The van der Waals surface area contributed by atoms with Gasteiger partial charge < -0.3 is 0 Å². The van der Waals surface area contributed by atoms with E-state index in [2.05, 4.69) is 64.4 Å². The Balaban J connectivity index is 1.26. The highest BCUT2D eigenvalue weighted by molar-refractivity contribution is 5.59. The minimum atomic E-state index is 0.631. The van der Waals surface area contributed by atoms with Crippen LogP contribution < -0.4 is 0 Å². The minimum Gasteiger partial charge on any atom is -0.294 e. The van der Waals surface area contributed by atoms with Crippen LogP contribution in [0.4, 0.5) is 0 Å². The maximum absolute atomic E-state index is 4.82. The van der Waals surface area contributed by atoms with E-state index in [-0.39, 0.29) is 0 Å². The highest BCUT2D eigenvalue weighted by Gasteiger charge is 2.28. The monoisotopic (exact) mass is 356 g/mol. The Kier molecular flexibility index (Phi) is 4.21. The molecule has 136 valence electrons. The average molecular weight is 356 g/mol. The topological polar surface area (TPSA) is 41.9 Å². The van der Waals surface area contributed by atoms with Crippen LogP contribution in [0, 0.1) is 6.92 Å². The predicted molar refractivity (Wildman–Crippen MR) is 106 cm³/mol. The van der Waals surface area contributed by atoms with E-state index in [0.29, 0.717) is 5.92 Å². The van der Waals surface area contributed by atoms with Gasteiger partial charge in [0.1, 0.15) is 5.82 Å². The van der Waals surface area contributed by atoms with Crippen molar-refractivity contribution >= 4 is 0 Å². The van der Waals surface area contributed by atoms with Gasteiger partial charge >= 0.3 is 0 Å². The summed E-state index contributed by atoms with van der Waals surface area (Å²) in [6.07, 6.45) is 7.61. The molecule has 0 saturated heterocycles. The van der Waals surface area contributed by atoms with Crippen LogP contribution >= 0.6 is 0 Å². The molecule has 0 radical (unpaired) electrons. The zero-order valence-electron chi connectivity index (χ0n) is 15.7. The van der Waals surface area contributed by atoms with Crippen molar-refractivity contribution in [3.63, 3.8) is 0 Å². The van der Waals surface area contributed by atoms with Gasteiger partial charge in [-0.1, -0.05) is 35.9 Å². The molecule has 4 nitrogen and oxygen atoms in total. The molecule has 27 heavy (non-hydrogen) atoms. The highest BCUT2D eigenvalue weighted by atomic mass is 15.1. The molecule has 3 heterocycles. The van der Waals surface area contributed by atoms with E-state index in [1.54, 1.807) is 0 Å². The van der Waals surface area contributed by atoms with Crippen LogP contribution in [0.25, 0.3) is 11.3 Å². The number of pyridine rings is 1. The summed E-state index contributed by atoms with van der Waals surface area (Å²) in [6.45, 7) is 5.01. The number of rotatable bonds is 4. The number of hydrogen-bond donors (Lipinski definition) is 0. The van der Waals surface area contributed by atoms with Crippen LogP contribution in [-0.2, 0) is 19.5 Å². The Labute approximate surface area is 160 Å². The first-order chi connectivity index (χ1) is 13.2. The van der Waals surface area contributed by atoms with Crippen molar-refractivity contribution in [2.75, 3.05) is 6.54 Å². The molecule has 5 rings (SSSR count). The molecule has 0 spiro atoms. The molecule has 1 saturated carbocycles. The van der Waals surface area contributed by atoms with Gasteiger partial charge in [-0.2, -0.15) is 0 Å². The standard InChI is InChI=1S/C23H24N4/c1-16-2-5-18(6-3-16)21-9-4-17(12-24-21)14-27-11-10-22-20(15-27)13-25-23(26-22)19-7-8-19/h2-6,9,12-13,19H,7-8,10-11,14-15H2,1H3. The van der Waals surface area contributed by atoms with E-state index in [4.69, 9.17) is 4.98 Å². The zero-order valence-corrected chi connectivity index (χ0v) is 15.7. The molecule has 0 bridgehead atoms. The fourth-order valence-corrected chi connectivity index (χ4v) is 3.73. The largest absolute Gasteiger partial charge is 0.294 e. The van der Waals surface area contributed by atoms with Crippen molar-refractivity contribution in [3.05, 3.63) is 77.0 Å². The number of benzene rings is 1. The number of hydrogen-bond acceptors (Lipinski definition) is 4. The molecule has 1 aliphatic carbocycles. The van der Waals surface area contributed by atoms with Crippen molar-refractivity contribution in [1.82, 2.24) is 19.9 Å². The first-order valence-electron chi connectivity index (χ1n) is 9.83. The SMILES string of the molecule is Cc1ccc(-c2ccc(CN3CCc4nc(C5CC5)ncc4C3)cn2)cc1. The first-order valence-corrected chi connectivity index (χ1v) is 9.83. The normalized spacial score (nSPS) is 16.9. The van der Waals surface area contributed by atoms with E-state index in [1.165, 1.54) is 40.8 Å². The van der Waals surface area contributed by atoms with E-state index in [9.17, 15) is 0 Å². The van der Waals surface area contributed by atoms with Crippen LogP contribution in [0.3, 0.4) is 0 Å². The van der Waals surface area contributed by atoms with Gasteiger partial charge in [-0.05, 0) is 31.4 Å². The maximum Gasteiger partial charge on any atom is 0.131 e. The van der Waals surface area contributed by atoms with E-state index >= 15 is 0 Å². The molecule has 0 N–H and O–H groups in total. The fraction of sp³-hybridized carbons (Fsp3) is 0.348. The van der Waals surface area contributed by atoms with Gasteiger partial charge in [-0.3, -0.25) is 9.88 Å². The Hall–Kier alpha value is -2.59. The molecular formula is C23H24N4. The molecule has 0 atom stereocenters. The highest BCUT2D eigenvalue weighted by Crippen LogP contribution is 2.38. The van der Waals surface area contributed by atoms with Crippen LogP contribution in [0.5, 0.6) is 0 Å². The van der Waals surface area contributed by atoms with Crippen LogP contribution in [-0.4, -0.2) is 26.4 Å². The third-order valence-electron chi connectivity index (χ3n) is 5.55. The van der Waals surface area contributed by atoms with Crippen LogP contribution in [0.1, 0.15) is 47.0 Å². The first kappa shape index (κ1) is 16.6. The van der Waals surface area contributed by atoms with Gasteiger partial charge in [0.15, 0.2) is 0 Å².